The van der Waals surface area contributed by atoms with Gasteiger partial charge in [0.1, 0.15) is 18.4 Å². The van der Waals surface area contributed by atoms with Crippen molar-refractivity contribution in [3.63, 3.8) is 0 Å². The van der Waals surface area contributed by atoms with Crippen molar-refractivity contribution in [2.75, 3.05) is 52.3 Å². The van der Waals surface area contributed by atoms with Gasteiger partial charge in [-0.25, -0.2) is 0 Å². The van der Waals surface area contributed by atoms with E-state index in [-0.39, 0.29) is 11.9 Å². The second-order valence-electron chi connectivity index (χ2n) is 5.25. The summed E-state index contributed by atoms with van der Waals surface area (Å²) < 4.78 is 10.9. The summed E-state index contributed by atoms with van der Waals surface area (Å²) in [6.45, 7) is 3.28. The highest BCUT2D eigenvalue weighted by molar-refractivity contribution is 5.95. The molecule has 1 saturated heterocycles. The molecule has 6 nitrogen and oxygen atoms in total. The SMILES string of the molecule is CN(C)CCOc1ccc(NC(=O)C2COCCN2)cc1. The molecule has 0 bridgehead atoms. The minimum absolute atomic E-state index is 0.0732. The molecule has 1 aliphatic rings. The van der Waals surface area contributed by atoms with Crippen LogP contribution in [0.3, 0.4) is 0 Å². The number of nitrogens with zero attached hydrogens (tertiary/aromatic N) is 1. The van der Waals surface area contributed by atoms with Gasteiger partial charge in [-0.05, 0) is 38.4 Å². The molecule has 1 heterocycles. The molecule has 116 valence electrons. The lowest BCUT2D eigenvalue weighted by Crippen LogP contribution is -2.48. The Morgan fingerprint density at radius 1 is 1.43 bits per heavy atom. The predicted molar refractivity (Wildman–Crippen MR) is 81.7 cm³/mol. The minimum atomic E-state index is -0.283. The minimum Gasteiger partial charge on any atom is -0.492 e. The number of carbonyl (C=O) groups is 1. The lowest BCUT2D eigenvalue weighted by atomic mass is 10.2. The summed E-state index contributed by atoms with van der Waals surface area (Å²) in [7, 11) is 4.01. The van der Waals surface area contributed by atoms with Crippen molar-refractivity contribution in [1.82, 2.24) is 10.2 Å². The molecule has 0 radical (unpaired) electrons. The van der Waals surface area contributed by atoms with E-state index in [2.05, 4.69) is 15.5 Å². The Hall–Kier alpha value is -1.63. The van der Waals surface area contributed by atoms with Gasteiger partial charge >= 0.3 is 0 Å². The highest BCUT2D eigenvalue weighted by Gasteiger charge is 2.20. The van der Waals surface area contributed by atoms with E-state index in [0.717, 1.165) is 18.0 Å². The van der Waals surface area contributed by atoms with Gasteiger partial charge in [0.2, 0.25) is 5.91 Å². The number of ether oxygens (including phenoxy) is 2. The second-order valence-corrected chi connectivity index (χ2v) is 5.25. The molecule has 1 aromatic carbocycles. The molecule has 1 amide bonds. The molecule has 0 aliphatic carbocycles. The molecule has 1 unspecified atom stereocenters. The van der Waals surface area contributed by atoms with Gasteiger partial charge in [-0.3, -0.25) is 4.79 Å². The largest absolute Gasteiger partial charge is 0.492 e. The second kappa shape index (κ2) is 7.97. The Labute approximate surface area is 125 Å². The number of rotatable bonds is 6. The zero-order valence-electron chi connectivity index (χ0n) is 12.6. The van der Waals surface area contributed by atoms with E-state index in [9.17, 15) is 4.79 Å². The molecule has 1 aliphatic heterocycles. The number of amides is 1. The molecule has 2 N–H and O–H groups in total. The van der Waals surface area contributed by atoms with Crippen molar-refractivity contribution in [1.29, 1.82) is 0 Å². The highest BCUT2D eigenvalue weighted by Crippen LogP contribution is 2.16. The summed E-state index contributed by atoms with van der Waals surface area (Å²) in [6, 6.07) is 7.11. The normalized spacial score (nSPS) is 18.5. The van der Waals surface area contributed by atoms with Gasteiger partial charge in [-0.1, -0.05) is 0 Å². The maximum Gasteiger partial charge on any atom is 0.243 e. The molecule has 0 spiro atoms. The number of likely N-dealkylation sites (N-methyl/N-ethyl adjacent to an activating group) is 1. The molecule has 1 atom stereocenters. The molecule has 1 fully saturated rings. The first-order valence-corrected chi connectivity index (χ1v) is 7.15. The molecule has 2 rings (SSSR count). The Morgan fingerprint density at radius 3 is 2.81 bits per heavy atom. The summed E-state index contributed by atoms with van der Waals surface area (Å²) in [6.07, 6.45) is 0. The third-order valence-corrected chi connectivity index (χ3v) is 3.17. The van der Waals surface area contributed by atoms with Crippen molar-refractivity contribution in [3.8, 4) is 5.75 Å². The van der Waals surface area contributed by atoms with Crippen LogP contribution in [0.1, 0.15) is 0 Å². The van der Waals surface area contributed by atoms with Crippen molar-refractivity contribution in [2.45, 2.75) is 6.04 Å². The number of carbonyl (C=O) groups excluding carboxylic acids is 1. The van der Waals surface area contributed by atoms with Crippen molar-refractivity contribution < 1.29 is 14.3 Å². The Balaban J connectivity index is 1.80. The number of hydrogen-bond acceptors (Lipinski definition) is 5. The molecule has 6 heteroatoms. The van der Waals surface area contributed by atoms with Gasteiger partial charge in [0.25, 0.3) is 0 Å². The molecule has 0 saturated carbocycles. The average Bonchev–Trinajstić information content (AvgIpc) is 2.49. The summed E-state index contributed by atoms with van der Waals surface area (Å²) >= 11 is 0. The van der Waals surface area contributed by atoms with Gasteiger partial charge in [0.15, 0.2) is 0 Å². The monoisotopic (exact) mass is 293 g/mol. The smallest absolute Gasteiger partial charge is 0.243 e. The van der Waals surface area contributed by atoms with Crippen LogP contribution in [0.5, 0.6) is 5.75 Å². The van der Waals surface area contributed by atoms with E-state index >= 15 is 0 Å². The van der Waals surface area contributed by atoms with E-state index in [1.807, 2.05) is 38.4 Å². The maximum absolute atomic E-state index is 12.0. The van der Waals surface area contributed by atoms with Gasteiger partial charge in [0, 0.05) is 18.8 Å². The number of benzene rings is 1. The fourth-order valence-corrected chi connectivity index (χ4v) is 1.94. The van der Waals surface area contributed by atoms with Crippen LogP contribution in [0.2, 0.25) is 0 Å². The Morgan fingerprint density at radius 2 is 2.19 bits per heavy atom. The van der Waals surface area contributed by atoms with Crippen LogP contribution in [0.4, 0.5) is 5.69 Å². The lowest BCUT2D eigenvalue weighted by Gasteiger charge is -2.22. The number of nitrogens with one attached hydrogen (secondary N) is 2. The quantitative estimate of drug-likeness (QED) is 0.802. The van der Waals surface area contributed by atoms with E-state index in [0.29, 0.717) is 26.4 Å². The predicted octanol–water partition coefficient (Wildman–Crippen LogP) is 0.554. The summed E-state index contributed by atoms with van der Waals surface area (Å²) in [5.74, 6) is 0.727. The van der Waals surface area contributed by atoms with Crippen LogP contribution >= 0.6 is 0 Å². The molecule has 1 aromatic rings. The van der Waals surface area contributed by atoms with Crippen LogP contribution in [0.25, 0.3) is 0 Å². The van der Waals surface area contributed by atoms with Crippen molar-refractivity contribution in [2.24, 2.45) is 0 Å². The van der Waals surface area contributed by atoms with Gasteiger partial charge in [-0.2, -0.15) is 0 Å². The third kappa shape index (κ3) is 5.34. The third-order valence-electron chi connectivity index (χ3n) is 3.17. The lowest BCUT2D eigenvalue weighted by molar-refractivity contribution is -0.120. The summed E-state index contributed by atoms with van der Waals surface area (Å²) in [5, 5.41) is 5.99. The fourth-order valence-electron chi connectivity index (χ4n) is 1.94. The summed E-state index contributed by atoms with van der Waals surface area (Å²) in [4.78, 5) is 14.1. The molecular weight excluding hydrogens is 270 g/mol. The van der Waals surface area contributed by atoms with Gasteiger partial charge in [-0.15, -0.1) is 0 Å². The highest BCUT2D eigenvalue weighted by atomic mass is 16.5. The van der Waals surface area contributed by atoms with Crippen LogP contribution in [-0.2, 0) is 9.53 Å². The first kappa shape index (κ1) is 15.8. The number of morpholine rings is 1. The van der Waals surface area contributed by atoms with Gasteiger partial charge < -0.3 is 25.0 Å². The zero-order valence-corrected chi connectivity index (χ0v) is 12.6. The van der Waals surface area contributed by atoms with E-state index in [1.165, 1.54) is 0 Å². The standard InChI is InChI=1S/C15H23N3O3/c1-18(2)8-10-21-13-5-3-12(4-6-13)17-15(19)14-11-20-9-7-16-14/h3-6,14,16H,7-11H2,1-2H3,(H,17,19). The molecular formula is C15H23N3O3. The van der Waals surface area contributed by atoms with Crippen LogP contribution < -0.4 is 15.4 Å². The average molecular weight is 293 g/mol. The topological polar surface area (TPSA) is 62.8 Å². The zero-order chi connectivity index (χ0) is 15.1. The number of hydrogen-bond donors (Lipinski definition) is 2. The Bertz CT molecular complexity index is 442. The van der Waals surface area contributed by atoms with Crippen molar-refractivity contribution >= 4 is 11.6 Å². The first-order chi connectivity index (χ1) is 10.1. The number of anilines is 1. The van der Waals surface area contributed by atoms with Crippen LogP contribution in [0.15, 0.2) is 24.3 Å². The first-order valence-electron chi connectivity index (χ1n) is 7.15. The molecule has 0 aromatic heterocycles. The maximum atomic E-state index is 12.0. The van der Waals surface area contributed by atoms with Crippen molar-refractivity contribution in [3.05, 3.63) is 24.3 Å². The van der Waals surface area contributed by atoms with Crippen LogP contribution in [-0.4, -0.2) is 63.9 Å². The van der Waals surface area contributed by atoms with E-state index < -0.39 is 0 Å². The Kier molecular flexibility index (Phi) is 5.98. The van der Waals surface area contributed by atoms with Gasteiger partial charge in [0.05, 0.1) is 13.2 Å². The fraction of sp³-hybridized carbons (Fsp3) is 0.533. The van der Waals surface area contributed by atoms with E-state index in [1.54, 1.807) is 0 Å². The summed E-state index contributed by atoms with van der Waals surface area (Å²) in [5.41, 5.74) is 0.757. The van der Waals surface area contributed by atoms with E-state index in [4.69, 9.17) is 9.47 Å². The molecule has 21 heavy (non-hydrogen) atoms. The van der Waals surface area contributed by atoms with Crippen LogP contribution in [0, 0.1) is 0 Å².